The van der Waals surface area contributed by atoms with E-state index in [0.29, 0.717) is 0 Å². The summed E-state index contributed by atoms with van der Waals surface area (Å²) in [5.41, 5.74) is -4.65. The highest BCUT2D eigenvalue weighted by molar-refractivity contribution is 7.99. The summed E-state index contributed by atoms with van der Waals surface area (Å²) < 4.78 is 36.4. The van der Waals surface area contributed by atoms with Crippen molar-refractivity contribution in [3.63, 3.8) is 0 Å². The van der Waals surface area contributed by atoms with Gasteiger partial charge in [0.05, 0.1) is 23.1 Å². The van der Waals surface area contributed by atoms with Crippen LogP contribution in [0.15, 0.2) is 24.3 Å². The Kier molecular flexibility index (Phi) is 2.42. The third kappa shape index (κ3) is 1.78. The van der Waals surface area contributed by atoms with Gasteiger partial charge in [-0.2, -0.15) is 13.2 Å². The molecule has 2 amide bonds. The topological polar surface area (TPSA) is 37.4 Å². The van der Waals surface area contributed by atoms with E-state index < -0.39 is 29.3 Å². The van der Waals surface area contributed by atoms with E-state index in [4.69, 9.17) is 0 Å². The molecule has 0 saturated heterocycles. The maximum absolute atomic E-state index is 12.1. The number of hydrogen-bond donors (Lipinski definition) is 0. The van der Waals surface area contributed by atoms with Gasteiger partial charge in [0, 0.05) is 0 Å². The Hall–Kier alpha value is -1.50. The molecule has 0 unspecified atom stereocenters. The van der Waals surface area contributed by atoms with Gasteiger partial charge in [-0.1, -0.05) is 12.1 Å². The van der Waals surface area contributed by atoms with Crippen LogP contribution in [0.2, 0.25) is 0 Å². The Bertz CT molecular complexity index is 437. The summed E-state index contributed by atoms with van der Waals surface area (Å²) in [5.74, 6) is -1.86. The zero-order chi connectivity index (χ0) is 11.9. The molecule has 0 atom stereocenters. The van der Waals surface area contributed by atoms with Crippen LogP contribution in [-0.4, -0.2) is 21.6 Å². The van der Waals surface area contributed by atoms with Crippen LogP contribution in [0.4, 0.5) is 13.2 Å². The highest BCUT2D eigenvalue weighted by Crippen LogP contribution is 2.38. The number of carbonyl (C=O) groups excluding carboxylic acids is 2. The van der Waals surface area contributed by atoms with Crippen LogP contribution in [0, 0.1) is 0 Å². The number of halogens is 3. The van der Waals surface area contributed by atoms with E-state index in [0.717, 1.165) is 0 Å². The number of rotatable bonds is 1. The fourth-order valence-corrected chi connectivity index (χ4v) is 1.92. The minimum absolute atomic E-state index is 0.00394. The van der Waals surface area contributed by atoms with E-state index in [9.17, 15) is 22.8 Å². The first-order valence-corrected chi connectivity index (χ1v) is 4.91. The van der Waals surface area contributed by atoms with Crippen LogP contribution < -0.4 is 0 Å². The second kappa shape index (κ2) is 3.51. The van der Waals surface area contributed by atoms with Crippen LogP contribution in [0.25, 0.3) is 0 Å². The molecule has 0 radical (unpaired) electrons. The molecule has 1 aromatic carbocycles. The summed E-state index contributed by atoms with van der Waals surface area (Å²) in [5, 5.41) is 0. The molecule has 0 bridgehead atoms. The zero-order valence-electron chi connectivity index (χ0n) is 7.62. The monoisotopic (exact) mass is 247 g/mol. The molecule has 16 heavy (non-hydrogen) atoms. The maximum Gasteiger partial charge on any atom is 0.462 e. The standard InChI is InChI=1S/C9H4F3NO2S/c10-9(11,12)16-13-7(14)5-3-1-2-4-6(5)8(13)15/h1-4H. The summed E-state index contributed by atoms with van der Waals surface area (Å²) in [7, 11) is 0. The smallest absolute Gasteiger partial charge is 0.268 e. The number of carbonyl (C=O) groups is 2. The molecule has 0 spiro atoms. The Morgan fingerprint density at radius 3 is 1.81 bits per heavy atom. The number of benzene rings is 1. The third-order valence-corrected chi connectivity index (χ3v) is 2.67. The van der Waals surface area contributed by atoms with E-state index in [1.807, 2.05) is 0 Å². The van der Waals surface area contributed by atoms with Crippen LogP contribution in [0.5, 0.6) is 0 Å². The highest BCUT2D eigenvalue weighted by Gasteiger charge is 2.43. The number of hydrogen-bond acceptors (Lipinski definition) is 3. The minimum Gasteiger partial charge on any atom is -0.268 e. The number of amides is 2. The van der Waals surface area contributed by atoms with Crippen molar-refractivity contribution in [2.75, 3.05) is 0 Å². The average molecular weight is 247 g/mol. The average Bonchev–Trinajstić information content (AvgIpc) is 2.43. The van der Waals surface area contributed by atoms with E-state index in [-0.39, 0.29) is 15.4 Å². The largest absolute Gasteiger partial charge is 0.462 e. The van der Waals surface area contributed by atoms with Gasteiger partial charge in [0.25, 0.3) is 11.8 Å². The Balaban J connectivity index is 2.36. The molecule has 0 saturated carbocycles. The van der Waals surface area contributed by atoms with Crippen molar-refractivity contribution in [2.24, 2.45) is 0 Å². The number of fused-ring (bicyclic) bond motifs is 1. The summed E-state index contributed by atoms with van der Waals surface area (Å²) in [6, 6.07) is 5.64. The second-order valence-electron chi connectivity index (χ2n) is 2.99. The molecule has 0 N–H and O–H groups in total. The molecule has 0 aliphatic carbocycles. The van der Waals surface area contributed by atoms with E-state index in [2.05, 4.69) is 0 Å². The van der Waals surface area contributed by atoms with Gasteiger partial charge < -0.3 is 0 Å². The Morgan fingerprint density at radius 1 is 1.00 bits per heavy atom. The fraction of sp³-hybridized carbons (Fsp3) is 0.111. The lowest BCUT2D eigenvalue weighted by Gasteiger charge is -2.13. The zero-order valence-corrected chi connectivity index (χ0v) is 8.43. The third-order valence-electron chi connectivity index (χ3n) is 1.95. The molecule has 1 aliphatic heterocycles. The molecule has 84 valence electrons. The highest BCUT2D eigenvalue weighted by atomic mass is 32.2. The molecular weight excluding hydrogens is 243 g/mol. The summed E-state index contributed by atoms with van der Waals surface area (Å²) in [6.45, 7) is 0. The summed E-state index contributed by atoms with van der Waals surface area (Å²) in [4.78, 5) is 22.9. The maximum atomic E-state index is 12.1. The van der Waals surface area contributed by atoms with Gasteiger partial charge in [0.15, 0.2) is 0 Å². The molecule has 1 aromatic rings. The summed E-state index contributed by atoms with van der Waals surface area (Å²) in [6.07, 6.45) is 0. The first-order chi connectivity index (χ1) is 7.40. The van der Waals surface area contributed by atoms with Gasteiger partial charge >= 0.3 is 5.51 Å². The van der Waals surface area contributed by atoms with Crippen LogP contribution in [-0.2, 0) is 0 Å². The van der Waals surface area contributed by atoms with Gasteiger partial charge in [-0.05, 0) is 12.1 Å². The fourth-order valence-electron chi connectivity index (χ4n) is 1.35. The van der Waals surface area contributed by atoms with Crippen molar-refractivity contribution in [2.45, 2.75) is 5.51 Å². The lowest BCUT2D eigenvalue weighted by molar-refractivity contribution is -0.0356. The van der Waals surface area contributed by atoms with Crippen LogP contribution in [0.3, 0.4) is 0 Å². The van der Waals surface area contributed by atoms with Crippen LogP contribution >= 0.6 is 11.9 Å². The Morgan fingerprint density at radius 2 is 1.44 bits per heavy atom. The molecule has 0 fully saturated rings. The van der Waals surface area contributed by atoms with E-state index in [1.165, 1.54) is 24.3 Å². The van der Waals surface area contributed by atoms with Gasteiger partial charge in [0.2, 0.25) is 0 Å². The predicted octanol–water partition coefficient (Wildman–Crippen LogP) is 2.45. The van der Waals surface area contributed by atoms with Gasteiger partial charge in [0.1, 0.15) is 0 Å². The van der Waals surface area contributed by atoms with Crippen LogP contribution in [0.1, 0.15) is 20.7 Å². The number of imide groups is 1. The SMILES string of the molecule is O=C1c2ccccc2C(=O)N1SC(F)(F)F. The van der Waals surface area contributed by atoms with Crippen molar-refractivity contribution in [3.05, 3.63) is 35.4 Å². The molecule has 7 heteroatoms. The molecule has 2 rings (SSSR count). The van der Waals surface area contributed by atoms with E-state index in [1.54, 1.807) is 0 Å². The molecule has 0 aromatic heterocycles. The molecule has 3 nitrogen and oxygen atoms in total. The van der Waals surface area contributed by atoms with Gasteiger partial charge in [-0.25, -0.2) is 4.31 Å². The summed E-state index contributed by atoms with van der Waals surface area (Å²) >= 11 is -0.729. The van der Waals surface area contributed by atoms with Crippen molar-refractivity contribution >= 4 is 23.8 Å². The molecule has 1 heterocycles. The minimum atomic E-state index is -4.66. The van der Waals surface area contributed by atoms with E-state index >= 15 is 0 Å². The quantitative estimate of drug-likeness (QED) is 0.565. The molecular formula is C9H4F3NO2S. The van der Waals surface area contributed by atoms with Gasteiger partial charge in [-0.3, -0.25) is 9.59 Å². The number of nitrogens with zero attached hydrogens (tertiary/aromatic N) is 1. The number of alkyl halides is 3. The van der Waals surface area contributed by atoms with Gasteiger partial charge in [-0.15, -0.1) is 0 Å². The molecule has 1 aliphatic rings. The van der Waals surface area contributed by atoms with Crippen molar-refractivity contribution in [1.29, 1.82) is 0 Å². The Labute approximate surface area is 92.4 Å². The first-order valence-electron chi connectivity index (χ1n) is 4.14. The van der Waals surface area contributed by atoms with Crippen molar-refractivity contribution in [1.82, 2.24) is 4.31 Å². The van der Waals surface area contributed by atoms with Crippen molar-refractivity contribution < 1.29 is 22.8 Å². The predicted molar refractivity (Wildman–Crippen MR) is 50.6 cm³/mol. The second-order valence-corrected chi connectivity index (χ2v) is 4.00. The van der Waals surface area contributed by atoms with Crippen molar-refractivity contribution in [3.8, 4) is 0 Å². The lowest BCUT2D eigenvalue weighted by atomic mass is 10.1. The lowest BCUT2D eigenvalue weighted by Crippen LogP contribution is -2.26. The normalized spacial score (nSPS) is 15.6. The first kappa shape index (κ1) is 11.0.